The summed E-state index contributed by atoms with van der Waals surface area (Å²) < 4.78 is 0. The van der Waals surface area contributed by atoms with Gasteiger partial charge in [-0.1, -0.05) is 33.1 Å². The van der Waals surface area contributed by atoms with Crippen LogP contribution in [0, 0.1) is 0 Å². The fourth-order valence-electron chi connectivity index (χ4n) is 3.06. The molecule has 0 aromatic rings. The molecule has 2 aliphatic rings. The molecule has 1 aliphatic carbocycles. The van der Waals surface area contributed by atoms with E-state index in [1.165, 1.54) is 6.42 Å². The number of rotatable bonds is 1. The van der Waals surface area contributed by atoms with Gasteiger partial charge in [-0.3, -0.25) is 4.79 Å². The molecule has 1 saturated carbocycles. The molecule has 2 atom stereocenters. The van der Waals surface area contributed by atoms with Crippen LogP contribution in [0.4, 0.5) is 0 Å². The monoisotopic (exact) mass is 256 g/mol. The van der Waals surface area contributed by atoms with E-state index < -0.39 is 5.54 Å². The van der Waals surface area contributed by atoms with Crippen molar-refractivity contribution in [2.75, 3.05) is 13.1 Å². The summed E-state index contributed by atoms with van der Waals surface area (Å²) >= 11 is 1.97. The molecule has 2 rings (SSSR count). The molecule has 1 heterocycles. The maximum Gasteiger partial charge on any atom is 0.242 e. The number of carbonyl (C=O) groups excluding carboxylic acids is 1. The lowest BCUT2D eigenvalue weighted by Crippen LogP contribution is -2.59. The van der Waals surface area contributed by atoms with Gasteiger partial charge in [0.1, 0.15) is 0 Å². The molecule has 98 valence electrons. The van der Waals surface area contributed by atoms with Gasteiger partial charge in [0.05, 0.1) is 5.54 Å². The average molecular weight is 256 g/mol. The highest BCUT2D eigenvalue weighted by molar-refractivity contribution is 8.00. The third kappa shape index (κ3) is 2.97. The van der Waals surface area contributed by atoms with E-state index in [2.05, 4.69) is 13.8 Å². The van der Waals surface area contributed by atoms with Gasteiger partial charge in [-0.15, -0.1) is 0 Å². The van der Waals surface area contributed by atoms with Crippen molar-refractivity contribution in [2.24, 2.45) is 5.73 Å². The second kappa shape index (κ2) is 5.19. The Balaban J connectivity index is 2.03. The van der Waals surface area contributed by atoms with Crippen molar-refractivity contribution in [3.8, 4) is 0 Å². The molecule has 1 aliphatic heterocycles. The average Bonchev–Trinajstić information content (AvgIpc) is 2.27. The fraction of sp³-hybridized carbons (Fsp3) is 0.923. The van der Waals surface area contributed by atoms with E-state index in [4.69, 9.17) is 5.73 Å². The Kier molecular flexibility index (Phi) is 4.03. The van der Waals surface area contributed by atoms with Gasteiger partial charge in [-0.25, -0.2) is 0 Å². The number of thioether (sulfide) groups is 1. The molecule has 0 aromatic carbocycles. The molecule has 3 nitrogen and oxygen atoms in total. The number of carbonyl (C=O) groups is 1. The summed E-state index contributed by atoms with van der Waals surface area (Å²) in [5.41, 5.74) is 5.77. The topological polar surface area (TPSA) is 46.3 Å². The molecule has 0 bridgehead atoms. The molecule has 0 aromatic heterocycles. The first-order valence-corrected chi connectivity index (χ1v) is 7.69. The molecule has 2 unspecified atom stereocenters. The van der Waals surface area contributed by atoms with E-state index in [1.807, 2.05) is 16.7 Å². The van der Waals surface area contributed by atoms with Crippen LogP contribution in [0.1, 0.15) is 46.0 Å². The SMILES string of the molecule is CC1CN(C(=O)C2(N)CCCCC2)CC(C)S1. The van der Waals surface area contributed by atoms with Gasteiger partial charge >= 0.3 is 0 Å². The van der Waals surface area contributed by atoms with Crippen molar-refractivity contribution in [1.29, 1.82) is 0 Å². The van der Waals surface area contributed by atoms with Crippen LogP contribution in [0.2, 0.25) is 0 Å². The number of nitrogens with zero attached hydrogens (tertiary/aromatic N) is 1. The molecule has 1 amide bonds. The molecule has 2 fully saturated rings. The number of hydrogen-bond acceptors (Lipinski definition) is 3. The molecule has 0 radical (unpaired) electrons. The Morgan fingerprint density at radius 2 is 1.71 bits per heavy atom. The molecule has 4 heteroatoms. The second-order valence-corrected chi connectivity index (χ2v) is 7.57. The molecular weight excluding hydrogens is 232 g/mol. The summed E-state index contributed by atoms with van der Waals surface area (Å²) in [7, 11) is 0. The van der Waals surface area contributed by atoms with Crippen molar-refractivity contribution in [1.82, 2.24) is 4.90 Å². The third-order valence-corrected chi connectivity index (χ3v) is 5.11. The highest BCUT2D eigenvalue weighted by atomic mass is 32.2. The summed E-state index contributed by atoms with van der Waals surface area (Å²) in [5, 5.41) is 1.07. The molecule has 17 heavy (non-hydrogen) atoms. The first-order chi connectivity index (χ1) is 8.01. The minimum absolute atomic E-state index is 0.205. The minimum atomic E-state index is -0.556. The lowest BCUT2D eigenvalue weighted by atomic mass is 9.81. The zero-order valence-electron chi connectivity index (χ0n) is 10.9. The third-order valence-electron chi connectivity index (χ3n) is 3.88. The zero-order valence-corrected chi connectivity index (χ0v) is 11.8. The van der Waals surface area contributed by atoms with Gasteiger partial charge in [0.15, 0.2) is 0 Å². The van der Waals surface area contributed by atoms with Gasteiger partial charge in [0.2, 0.25) is 5.91 Å². The Hall–Kier alpha value is -0.220. The van der Waals surface area contributed by atoms with Gasteiger partial charge in [0, 0.05) is 23.6 Å². The zero-order chi connectivity index (χ0) is 12.5. The van der Waals surface area contributed by atoms with Crippen molar-refractivity contribution in [3.05, 3.63) is 0 Å². The summed E-state index contributed by atoms with van der Waals surface area (Å²) in [6.07, 6.45) is 5.19. The quantitative estimate of drug-likeness (QED) is 0.780. The smallest absolute Gasteiger partial charge is 0.242 e. The fourth-order valence-corrected chi connectivity index (χ4v) is 4.38. The van der Waals surface area contributed by atoms with Crippen LogP contribution in [0.5, 0.6) is 0 Å². The molecule has 1 saturated heterocycles. The van der Waals surface area contributed by atoms with E-state index in [-0.39, 0.29) is 5.91 Å². The van der Waals surface area contributed by atoms with Crippen LogP contribution >= 0.6 is 11.8 Å². The number of hydrogen-bond donors (Lipinski definition) is 1. The maximum absolute atomic E-state index is 12.6. The normalized spacial score (nSPS) is 33.5. The summed E-state index contributed by atoms with van der Waals surface area (Å²) in [5.74, 6) is 0.205. The van der Waals surface area contributed by atoms with Crippen molar-refractivity contribution in [2.45, 2.75) is 62.0 Å². The largest absolute Gasteiger partial charge is 0.339 e. The van der Waals surface area contributed by atoms with Crippen molar-refractivity contribution < 1.29 is 4.79 Å². The van der Waals surface area contributed by atoms with E-state index in [0.29, 0.717) is 10.5 Å². The lowest BCUT2D eigenvalue weighted by Gasteiger charge is -2.41. The van der Waals surface area contributed by atoms with E-state index in [0.717, 1.165) is 38.8 Å². The van der Waals surface area contributed by atoms with Crippen LogP contribution in [0.3, 0.4) is 0 Å². The van der Waals surface area contributed by atoms with E-state index in [1.54, 1.807) is 0 Å². The summed E-state index contributed by atoms with van der Waals surface area (Å²) in [6.45, 7) is 6.13. The van der Waals surface area contributed by atoms with Gasteiger partial charge in [-0.05, 0) is 12.8 Å². The second-order valence-electron chi connectivity index (χ2n) is 5.68. The van der Waals surface area contributed by atoms with Crippen LogP contribution < -0.4 is 5.73 Å². The van der Waals surface area contributed by atoms with Gasteiger partial charge < -0.3 is 10.6 Å². The number of nitrogens with two attached hydrogens (primary N) is 1. The summed E-state index contributed by atoms with van der Waals surface area (Å²) in [6, 6.07) is 0. The van der Waals surface area contributed by atoms with Crippen LogP contribution in [-0.2, 0) is 4.79 Å². The maximum atomic E-state index is 12.6. The summed E-state index contributed by atoms with van der Waals surface area (Å²) in [4.78, 5) is 14.6. The van der Waals surface area contributed by atoms with Crippen molar-refractivity contribution >= 4 is 17.7 Å². The standard InChI is InChI=1S/C13H24N2OS/c1-10-8-15(9-11(2)17-10)12(16)13(14)6-4-3-5-7-13/h10-11H,3-9,14H2,1-2H3. The van der Waals surface area contributed by atoms with Crippen LogP contribution in [-0.4, -0.2) is 39.9 Å². The first-order valence-electron chi connectivity index (χ1n) is 6.75. The predicted molar refractivity (Wildman–Crippen MR) is 73.1 cm³/mol. The van der Waals surface area contributed by atoms with Gasteiger partial charge in [-0.2, -0.15) is 11.8 Å². The first kappa shape index (κ1) is 13.2. The lowest BCUT2D eigenvalue weighted by molar-refractivity contribution is -0.138. The molecular formula is C13H24N2OS. The van der Waals surface area contributed by atoms with Crippen LogP contribution in [0.15, 0.2) is 0 Å². The Bertz CT molecular complexity index is 279. The Morgan fingerprint density at radius 3 is 2.24 bits per heavy atom. The highest BCUT2D eigenvalue weighted by Gasteiger charge is 2.40. The predicted octanol–water partition coefficient (Wildman–Crippen LogP) is 2.00. The molecule has 0 spiro atoms. The van der Waals surface area contributed by atoms with E-state index >= 15 is 0 Å². The Labute approximate surface area is 108 Å². The van der Waals surface area contributed by atoms with Crippen molar-refractivity contribution in [3.63, 3.8) is 0 Å². The van der Waals surface area contributed by atoms with E-state index in [9.17, 15) is 4.79 Å². The highest BCUT2D eigenvalue weighted by Crippen LogP contribution is 2.31. The molecule has 2 N–H and O–H groups in total. The van der Waals surface area contributed by atoms with Gasteiger partial charge in [0.25, 0.3) is 0 Å². The Morgan fingerprint density at radius 1 is 1.18 bits per heavy atom. The minimum Gasteiger partial charge on any atom is -0.339 e. The number of amides is 1. The van der Waals surface area contributed by atoms with Crippen LogP contribution in [0.25, 0.3) is 0 Å².